The largest absolute Gasteiger partial charge is 0.465 e. The standard InChI is InChI=1S/C15H22N4O/c1-14-3-4-15(20-14)13-18-9-7-17(8-10-18)11-12-19-6-2-5-16-19/h2-6H,7-13H2,1H3. The Labute approximate surface area is 119 Å². The van der Waals surface area contributed by atoms with Gasteiger partial charge in [-0.25, -0.2) is 0 Å². The van der Waals surface area contributed by atoms with Crippen molar-refractivity contribution in [3.8, 4) is 0 Å². The smallest absolute Gasteiger partial charge is 0.118 e. The highest BCUT2D eigenvalue weighted by Crippen LogP contribution is 2.11. The molecule has 0 saturated carbocycles. The molecule has 0 N–H and O–H groups in total. The van der Waals surface area contributed by atoms with Crippen LogP contribution < -0.4 is 0 Å². The molecule has 0 bridgehead atoms. The van der Waals surface area contributed by atoms with Crippen LogP contribution in [0.15, 0.2) is 35.0 Å². The summed E-state index contributed by atoms with van der Waals surface area (Å²) in [6, 6.07) is 6.10. The summed E-state index contributed by atoms with van der Waals surface area (Å²) in [7, 11) is 0. The predicted octanol–water partition coefficient (Wildman–Crippen LogP) is 1.60. The lowest BCUT2D eigenvalue weighted by molar-refractivity contribution is 0.117. The minimum Gasteiger partial charge on any atom is -0.465 e. The van der Waals surface area contributed by atoms with E-state index in [9.17, 15) is 0 Å². The molecule has 1 fully saturated rings. The van der Waals surface area contributed by atoms with Crippen molar-refractivity contribution in [1.82, 2.24) is 19.6 Å². The van der Waals surface area contributed by atoms with Crippen molar-refractivity contribution in [2.24, 2.45) is 0 Å². The Balaban J connectivity index is 1.40. The van der Waals surface area contributed by atoms with E-state index < -0.39 is 0 Å². The van der Waals surface area contributed by atoms with Crippen LogP contribution in [-0.2, 0) is 13.1 Å². The second kappa shape index (κ2) is 6.24. The van der Waals surface area contributed by atoms with Crippen LogP contribution in [0.1, 0.15) is 11.5 Å². The van der Waals surface area contributed by atoms with Gasteiger partial charge in [0.25, 0.3) is 0 Å². The molecule has 0 aliphatic carbocycles. The van der Waals surface area contributed by atoms with Gasteiger partial charge in [0.2, 0.25) is 0 Å². The van der Waals surface area contributed by atoms with Gasteiger partial charge in [-0.05, 0) is 25.1 Å². The molecule has 1 aliphatic heterocycles. The number of piperazine rings is 1. The Hall–Kier alpha value is -1.59. The van der Waals surface area contributed by atoms with E-state index in [2.05, 4.69) is 21.0 Å². The summed E-state index contributed by atoms with van der Waals surface area (Å²) in [6.45, 7) is 9.46. The summed E-state index contributed by atoms with van der Waals surface area (Å²) in [4.78, 5) is 4.97. The summed E-state index contributed by atoms with van der Waals surface area (Å²) in [5, 5.41) is 4.24. The maximum Gasteiger partial charge on any atom is 0.118 e. The van der Waals surface area contributed by atoms with Crippen molar-refractivity contribution in [2.45, 2.75) is 20.0 Å². The van der Waals surface area contributed by atoms with Gasteiger partial charge in [0.05, 0.1) is 13.1 Å². The van der Waals surface area contributed by atoms with Crippen molar-refractivity contribution in [2.75, 3.05) is 32.7 Å². The number of hydrogen-bond acceptors (Lipinski definition) is 4. The fourth-order valence-electron chi connectivity index (χ4n) is 2.64. The van der Waals surface area contributed by atoms with Crippen LogP contribution >= 0.6 is 0 Å². The van der Waals surface area contributed by atoms with Crippen LogP contribution in [0, 0.1) is 6.92 Å². The SMILES string of the molecule is Cc1ccc(CN2CCN(CCn3cccn3)CC2)o1. The van der Waals surface area contributed by atoms with Gasteiger partial charge in [0.1, 0.15) is 11.5 Å². The van der Waals surface area contributed by atoms with Crippen LogP contribution in [0.4, 0.5) is 0 Å². The molecule has 0 amide bonds. The quantitative estimate of drug-likeness (QED) is 0.830. The summed E-state index contributed by atoms with van der Waals surface area (Å²) < 4.78 is 7.64. The zero-order valence-electron chi connectivity index (χ0n) is 12.0. The van der Waals surface area contributed by atoms with Crippen molar-refractivity contribution in [1.29, 1.82) is 0 Å². The van der Waals surface area contributed by atoms with Crippen LogP contribution in [0.5, 0.6) is 0 Å². The lowest BCUT2D eigenvalue weighted by atomic mass is 10.3. The van der Waals surface area contributed by atoms with E-state index >= 15 is 0 Å². The number of rotatable bonds is 5. The Morgan fingerprint density at radius 3 is 2.55 bits per heavy atom. The molecular formula is C15H22N4O. The molecule has 5 heteroatoms. The fourth-order valence-corrected chi connectivity index (χ4v) is 2.64. The van der Waals surface area contributed by atoms with Gasteiger partial charge in [-0.1, -0.05) is 0 Å². The van der Waals surface area contributed by atoms with Crippen molar-refractivity contribution < 1.29 is 4.42 Å². The molecule has 3 rings (SSSR count). The normalized spacial score (nSPS) is 17.6. The Morgan fingerprint density at radius 1 is 1.10 bits per heavy atom. The monoisotopic (exact) mass is 274 g/mol. The molecule has 1 aliphatic rings. The van der Waals surface area contributed by atoms with E-state index in [0.29, 0.717) is 0 Å². The minimum absolute atomic E-state index is 0.931. The molecule has 0 spiro atoms. The van der Waals surface area contributed by atoms with Crippen LogP contribution in [0.2, 0.25) is 0 Å². The first-order valence-corrected chi connectivity index (χ1v) is 7.27. The molecule has 20 heavy (non-hydrogen) atoms. The molecule has 1 saturated heterocycles. The van der Waals surface area contributed by atoms with E-state index in [4.69, 9.17) is 4.42 Å². The molecule has 0 atom stereocenters. The lowest BCUT2D eigenvalue weighted by Gasteiger charge is -2.34. The highest BCUT2D eigenvalue weighted by Gasteiger charge is 2.17. The summed E-state index contributed by atoms with van der Waals surface area (Å²) in [6.07, 6.45) is 3.86. The zero-order chi connectivity index (χ0) is 13.8. The molecule has 0 aromatic carbocycles. The Kier molecular flexibility index (Phi) is 4.18. The molecule has 0 radical (unpaired) electrons. The van der Waals surface area contributed by atoms with E-state index in [1.165, 1.54) is 0 Å². The van der Waals surface area contributed by atoms with E-state index in [1.54, 1.807) is 0 Å². The number of hydrogen-bond donors (Lipinski definition) is 0. The lowest BCUT2D eigenvalue weighted by Crippen LogP contribution is -2.46. The van der Waals surface area contributed by atoms with Gasteiger partial charge in [0.15, 0.2) is 0 Å². The molecule has 2 aromatic rings. The van der Waals surface area contributed by atoms with E-state index in [0.717, 1.165) is 57.3 Å². The Bertz CT molecular complexity index is 512. The van der Waals surface area contributed by atoms with Crippen LogP contribution in [0.3, 0.4) is 0 Å². The average Bonchev–Trinajstić information content (AvgIpc) is 3.10. The van der Waals surface area contributed by atoms with Gasteiger partial charge in [0, 0.05) is 45.1 Å². The number of furan rings is 1. The van der Waals surface area contributed by atoms with Gasteiger partial charge in [-0.3, -0.25) is 14.5 Å². The third-order valence-electron chi connectivity index (χ3n) is 3.84. The molecule has 0 unspecified atom stereocenters. The van der Waals surface area contributed by atoms with E-state index in [1.807, 2.05) is 36.1 Å². The number of aromatic nitrogens is 2. The summed E-state index contributed by atoms with van der Waals surface area (Å²) in [5.41, 5.74) is 0. The fraction of sp³-hybridized carbons (Fsp3) is 0.533. The topological polar surface area (TPSA) is 37.4 Å². The molecule has 5 nitrogen and oxygen atoms in total. The molecule has 3 heterocycles. The third kappa shape index (κ3) is 3.49. The van der Waals surface area contributed by atoms with Crippen molar-refractivity contribution in [3.05, 3.63) is 42.1 Å². The van der Waals surface area contributed by atoms with Crippen LogP contribution in [-0.4, -0.2) is 52.3 Å². The van der Waals surface area contributed by atoms with Crippen molar-refractivity contribution >= 4 is 0 Å². The second-order valence-electron chi connectivity index (χ2n) is 5.40. The van der Waals surface area contributed by atoms with Crippen LogP contribution in [0.25, 0.3) is 0 Å². The second-order valence-corrected chi connectivity index (χ2v) is 5.40. The summed E-state index contributed by atoms with van der Waals surface area (Å²) >= 11 is 0. The molecule has 108 valence electrons. The third-order valence-corrected chi connectivity index (χ3v) is 3.84. The highest BCUT2D eigenvalue weighted by atomic mass is 16.3. The first-order chi connectivity index (χ1) is 9.79. The predicted molar refractivity (Wildman–Crippen MR) is 77.4 cm³/mol. The molecule has 2 aromatic heterocycles. The van der Waals surface area contributed by atoms with Gasteiger partial charge < -0.3 is 4.42 Å². The maximum atomic E-state index is 5.64. The van der Waals surface area contributed by atoms with Crippen molar-refractivity contribution in [3.63, 3.8) is 0 Å². The first-order valence-electron chi connectivity index (χ1n) is 7.27. The summed E-state index contributed by atoms with van der Waals surface area (Å²) in [5.74, 6) is 2.07. The minimum atomic E-state index is 0.931. The maximum absolute atomic E-state index is 5.64. The van der Waals surface area contributed by atoms with E-state index in [-0.39, 0.29) is 0 Å². The average molecular weight is 274 g/mol. The Morgan fingerprint density at radius 2 is 1.90 bits per heavy atom. The van der Waals surface area contributed by atoms with Gasteiger partial charge >= 0.3 is 0 Å². The first kappa shape index (κ1) is 13.4. The van der Waals surface area contributed by atoms with Gasteiger partial charge in [-0.2, -0.15) is 5.10 Å². The van der Waals surface area contributed by atoms with Gasteiger partial charge in [-0.15, -0.1) is 0 Å². The number of aryl methyl sites for hydroxylation is 1. The highest BCUT2D eigenvalue weighted by molar-refractivity contribution is 5.05. The number of nitrogens with zero attached hydrogens (tertiary/aromatic N) is 4. The zero-order valence-corrected chi connectivity index (χ0v) is 12.0. The molecular weight excluding hydrogens is 252 g/mol.